The second kappa shape index (κ2) is 6.06. The fourth-order valence-corrected chi connectivity index (χ4v) is 1.94. The first-order valence-electron chi connectivity index (χ1n) is 5.96. The molecule has 0 aliphatic carbocycles. The summed E-state index contributed by atoms with van der Waals surface area (Å²) in [6, 6.07) is 12.3. The zero-order valence-corrected chi connectivity index (χ0v) is 11.3. The SMILES string of the molecule is C[C@@H](O)c1ccc(Oc2ccccc2CO)c(Cl)c1. The molecule has 3 nitrogen and oxygen atoms in total. The Morgan fingerprint density at radius 2 is 1.89 bits per heavy atom. The van der Waals surface area contributed by atoms with Crippen LogP contribution in [0, 0.1) is 0 Å². The molecule has 0 heterocycles. The number of hydrogen-bond donors (Lipinski definition) is 2. The number of ether oxygens (including phenoxy) is 1. The van der Waals surface area contributed by atoms with Gasteiger partial charge in [0.05, 0.1) is 17.7 Å². The van der Waals surface area contributed by atoms with Crippen LogP contribution in [0.2, 0.25) is 5.02 Å². The molecule has 0 bridgehead atoms. The van der Waals surface area contributed by atoms with Crippen molar-refractivity contribution >= 4 is 11.6 Å². The van der Waals surface area contributed by atoms with Gasteiger partial charge in [0, 0.05) is 5.56 Å². The molecule has 2 rings (SSSR count). The van der Waals surface area contributed by atoms with E-state index in [-0.39, 0.29) is 6.61 Å². The molecule has 0 aliphatic rings. The van der Waals surface area contributed by atoms with Crippen LogP contribution in [0.25, 0.3) is 0 Å². The first kappa shape index (κ1) is 13.9. The van der Waals surface area contributed by atoms with Crippen molar-refractivity contribution in [1.82, 2.24) is 0 Å². The highest BCUT2D eigenvalue weighted by Crippen LogP contribution is 2.33. The summed E-state index contributed by atoms with van der Waals surface area (Å²) in [5.74, 6) is 1.06. The minimum Gasteiger partial charge on any atom is -0.455 e. The van der Waals surface area contributed by atoms with Crippen LogP contribution < -0.4 is 4.74 Å². The maximum absolute atomic E-state index is 9.48. The van der Waals surface area contributed by atoms with E-state index in [9.17, 15) is 10.2 Å². The summed E-state index contributed by atoms with van der Waals surface area (Å²) in [7, 11) is 0. The van der Waals surface area contributed by atoms with Crippen LogP contribution in [0.4, 0.5) is 0 Å². The van der Waals surface area contributed by atoms with Crippen molar-refractivity contribution < 1.29 is 14.9 Å². The van der Waals surface area contributed by atoms with E-state index in [1.807, 2.05) is 12.1 Å². The van der Waals surface area contributed by atoms with Gasteiger partial charge in [0.2, 0.25) is 0 Å². The Bertz CT molecular complexity index is 567. The van der Waals surface area contributed by atoms with Crippen molar-refractivity contribution in [3.05, 3.63) is 58.6 Å². The molecule has 0 aliphatic heterocycles. The Hall–Kier alpha value is -1.55. The Balaban J connectivity index is 2.28. The Labute approximate surface area is 117 Å². The molecule has 0 amide bonds. The summed E-state index contributed by atoms with van der Waals surface area (Å²) < 4.78 is 5.69. The first-order chi connectivity index (χ1) is 9.11. The highest BCUT2D eigenvalue weighted by molar-refractivity contribution is 6.32. The van der Waals surface area contributed by atoms with Gasteiger partial charge in [-0.05, 0) is 30.7 Å². The maximum atomic E-state index is 9.48. The Morgan fingerprint density at radius 1 is 1.16 bits per heavy atom. The molecule has 19 heavy (non-hydrogen) atoms. The monoisotopic (exact) mass is 278 g/mol. The third-order valence-electron chi connectivity index (χ3n) is 2.80. The van der Waals surface area contributed by atoms with Crippen LogP contribution in [-0.4, -0.2) is 10.2 Å². The molecule has 1 atom stereocenters. The van der Waals surface area contributed by atoms with Crippen LogP contribution in [0.5, 0.6) is 11.5 Å². The first-order valence-corrected chi connectivity index (χ1v) is 6.33. The van der Waals surface area contributed by atoms with E-state index < -0.39 is 6.10 Å². The van der Waals surface area contributed by atoms with Crippen molar-refractivity contribution in [2.24, 2.45) is 0 Å². The topological polar surface area (TPSA) is 49.7 Å². The average molecular weight is 279 g/mol. The van der Waals surface area contributed by atoms with Gasteiger partial charge in [0.25, 0.3) is 0 Å². The molecular formula is C15H15ClO3. The van der Waals surface area contributed by atoms with Gasteiger partial charge in [-0.3, -0.25) is 0 Å². The van der Waals surface area contributed by atoms with Crippen molar-refractivity contribution in [2.45, 2.75) is 19.6 Å². The highest BCUT2D eigenvalue weighted by atomic mass is 35.5. The molecule has 0 saturated carbocycles. The lowest BCUT2D eigenvalue weighted by molar-refractivity contribution is 0.199. The van der Waals surface area contributed by atoms with Crippen LogP contribution in [-0.2, 0) is 6.61 Å². The fraction of sp³-hybridized carbons (Fsp3) is 0.200. The van der Waals surface area contributed by atoms with E-state index in [1.165, 1.54) is 0 Å². The van der Waals surface area contributed by atoms with E-state index >= 15 is 0 Å². The van der Waals surface area contributed by atoms with E-state index in [0.717, 1.165) is 5.56 Å². The molecule has 2 N–H and O–H groups in total. The zero-order chi connectivity index (χ0) is 13.8. The molecule has 0 aromatic heterocycles. The van der Waals surface area contributed by atoms with Crippen molar-refractivity contribution in [3.8, 4) is 11.5 Å². The molecule has 0 radical (unpaired) electrons. The summed E-state index contributed by atoms with van der Waals surface area (Å²) in [6.07, 6.45) is -0.573. The predicted molar refractivity (Wildman–Crippen MR) is 74.5 cm³/mol. The summed E-state index contributed by atoms with van der Waals surface area (Å²) in [6.45, 7) is 1.58. The molecule has 2 aromatic carbocycles. The second-order valence-corrected chi connectivity index (χ2v) is 4.64. The van der Waals surface area contributed by atoms with Crippen LogP contribution in [0.1, 0.15) is 24.2 Å². The van der Waals surface area contributed by atoms with Crippen LogP contribution >= 0.6 is 11.6 Å². The van der Waals surface area contributed by atoms with Gasteiger partial charge < -0.3 is 14.9 Å². The third-order valence-corrected chi connectivity index (χ3v) is 3.10. The molecular weight excluding hydrogens is 264 g/mol. The molecule has 2 aromatic rings. The van der Waals surface area contributed by atoms with Gasteiger partial charge in [0.15, 0.2) is 0 Å². The van der Waals surface area contributed by atoms with Gasteiger partial charge in [-0.15, -0.1) is 0 Å². The van der Waals surface area contributed by atoms with E-state index in [2.05, 4.69) is 0 Å². The quantitative estimate of drug-likeness (QED) is 0.897. The number of para-hydroxylation sites is 1. The number of hydrogen-bond acceptors (Lipinski definition) is 3. The predicted octanol–water partition coefficient (Wildman–Crippen LogP) is 3.68. The lowest BCUT2D eigenvalue weighted by atomic mass is 10.1. The number of aliphatic hydroxyl groups is 2. The van der Waals surface area contributed by atoms with Crippen molar-refractivity contribution in [1.29, 1.82) is 0 Å². The summed E-state index contributed by atoms with van der Waals surface area (Å²) >= 11 is 6.12. The third kappa shape index (κ3) is 3.26. The van der Waals surface area contributed by atoms with Gasteiger partial charge >= 0.3 is 0 Å². The molecule has 0 saturated heterocycles. The Morgan fingerprint density at radius 3 is 2.53 bits per heavy atom. The summed E-state index contributed by atoms with van der Waals surface area (Å²) in [5.41, 5.74) is 1.42. The van der Waals surface area contributed by atoms with Gasteiger partial charge in [-0.2, -0.15) is 0 Å². The second-order valence-electron chi connectivity index (χ2n) is 4.23. The van der Waals surface area contributed by atoms with Gasteiger partial charge in [0.1, 0.15) is 11.5 Å². The average Bonchev–Trinajstić information content (AvgIpc) is 2.41. The normalized spacial score (nSPS) is 12.2. The maximum Gasteiger partial charge on any atom is 0.146 e. The number of halogens is 1. The highest BCUT2D eigenvalue weighted by Gasteiger charge is 2.09. The van der Waals surface area contributed by atoms with Gasteiger partial charge in [-0.25, -0.2) is 0 Å². The van der Waals surface area contributed by atoms with Crippen molar-refractivity contribution in [3.63, 3.8) is 0 Å². The lowest BCUT2D eigenvalue weighted by Crippen LogP contribution is -1.94. The number of benzene rings is 2. The fourth-order valence-electron chi connectivity index (χ4n) is 1.71. The minimum absolute atomic E-state index is 0.0977. The zero-order valence-electron chi connectivity index (χ0n) is 10.5. The van der Waals surface area contributed by atoms with Gasteiger partial charge in [-0.1, -0.05) is 35.9 Å². The smallest absolute Gasteiger partial charge is 0.146 e. The van der Waals surface area contributed by atoms with E-state index in [0.29, 0.717) is 22.1 Å². The van der Waals surface area contributed by atoms with Crippen LogP contribution in [0.15, 0.2) is 42.5 Å². The van der Waals surface area contributed by atoms with Crippen LogP contribution in [0.3, 0.4) is 0 Å². The Kier molecular flexibility index (Phi) is 4.43. The molecule has 0 fully saturated rings. The summed E-state index contributed by atoms with van der Waals surface area (Å²) in [5, 5.41) is 19.1. The number of rotatable bonds is 4. The molecule has 0 spiro atoms. The van der Waals surface area contributed by atoms with E-state index in [1.54, 1.807) is 37.3 Å². The molecule has 0 unspecified atom stereocenters. The minimum atomic E-state index is -0.573. The number of aliphatic hydroxyl groups excluding tert-OH is 2. The standard InChI is InChI=1S/C15H15ClO3/c1-10(18)11-6-7-15(13(16)8-11)19-14-5-3-2-4-12(14)9-17/h2-8,10,17-18H,9H2,1H3/t10-/m1/s1. The largest absolute Gasteiger partial charge is 0.455 e. The molecule has 4 heteroatoms. The molecule has 100 valence electrons. The van der Waals surface area contributed by atoms with Crippen molar-refractivity contribution in [2.75, 3.05) is 0 Å². The van der Waals surface area contributed by atoms with E-state index in [4.69, 9.17) is 16.3 Å². The summed E-state index contributed by atoms with van der Waals surface area (Å²) in [4.78, 5) is 0. The lowest BCUT2D eigenvalue weighted by Gasteiger charge is -2.12.